The maximum atomic E-state index is 13.6. The number of amides is 1. The van der Waals surface area contributed by atoms with Gasteiger partial charge >= 0.3 is 0 Å². The fraction of sp³-hybridized carbons (Fsp3) is 0.176. The minimum absolute atomic E-state index is 0.0428. The molecule has 1 fully saturated rings. The Bertz CT molecular complexity index is 1750. The molecule has 43 heavy (non-hydrogen) atoms. The third-order valence-corrected chi connectivity index (χ3v) is 7.36. The molecule has 1 amide bonds. The molecular formula is C34H29NO8. The number of Topliss-reactive ketones (excluding diaryl/α,β-unsaturated/α-hetero) is 1. The van der Waals surface area contributed by atoms with E-state index in [1.807, 2.05) is 37.3 Å². The first kappa shape index (κ1) is 27.7. The number of phenols is 1. The van der Waals surface area contributed by atoms with Crippen molar-refractivity contribution in [2.24, 2.45) is 0 Å². The lowest BCUT2D eigenvalue weighted by molar-refractivity contribution is -0.132. The second-order valence-electron chi connectivity index (χ2n) is 10.1. The third kappa shape index (κ3) is 5.21. The summed E-state index contributed by atoms with van der Waals surface area (Å²) in [7, 11) is 0. The number of hydrogen-bond acceptors (Lipinski definition) is 8. The first-order valence-corrected chi connectivity index (χ1v) is 13.8. The summed E-state index contributed by atoms with van der Waals surface area (Å²) in [6.45, 7) is 4.32. The number of aliphatic hydroxyl groups excluding tert-OH is 1. The molecule has 2 aliphatic heterocycles. The van der Waals surface area contributed by atoms with Gasteiger partial charge < -0.3 is 29.2 Å². The van der Waals surface area contributed by atoms with E-state index in [4.69, 9.17) is 18.9 Å². The van der Waals surface area contributed by atoms with Crippen molar-refractivity contribution in [3.8, 4) is 28.7 Å². The number of carbonyl (C=O) groups is 2. The number of aromatic hydroxyl groups is 1. The molecule has 4 aromatic rings. The lowest BCUT2D eigenvalue weighted by atomic mass is 9.94. The molecule has 4 aromatic carbocycles. The molecule has 0 spiro atoms. The van der Waals surface area contributed by atoms with Crippen LogP contribution in [0.25, 0.3) is 5.76 Å². The quantitative estimate of drug-likeness (QED) is 0.148. The van der Waals surface area contributed by atoms with Crippen LogP contribution in [0.2, 0.25) is 0 Å². The maximum absolute atomic E-state index is 13.6. The molecule has 6 rings (SSSR count). The second-order valence-corrected chi connectivity index (χ2v) is 10.1. The van der Waals surface area contributed by atoms with Crippen LogP contribution >= 0.6 is 0 Å². The molecule has 2 N–H and O–H groups in total. The van der Waals surface area contributed by atoms with Crippen LogP contribution in [0.3, 0.4) is 0 Å². The van der Waals surface area contributed by atoms with Gasteiger partial charge in [-0.25, -0.2) is 0 Å². The van der Waals surface area contributed by atoms with E-state index >= 15 is 0 Å². The maximum Gasteiger partial charge on any atom is 0.300 e. The summed E-state index contributed by atoms with van der Waals surface area (Å²) in [6, 6.07) is 23.3. The van der Waals surface area contributed by atoms with Crippen LogP contribution in [0.1, 0.15) is 35.2 Å². The molecule has 0 saturated carbocycles. The van der Waals surface area contributed by atoms with Crippen molar-refractivity contribution in [2.75, 3.05) is 18.3 Å². The standard InChI is InChI=1S/C34H29NO8/c1-3-40-28-16-22(9-12-25(28)36)31-30(33(38)34(39)35(31)24-11-14-27-29(17-24)43-19-42-27)32(37)23-10-13-26(20(2)15-23)41-18-21-7-5-4-6-8-21/h4-17,31,36-37H,3,18-19H2,1-2H3/b32-30+. The molecule has 9 heteroatoms. The van der Waals surface area contributed by atoms with Gasteiger partial charge in [0.1, 0.15) is 18.1 Å². The Kier molecular flexibility index (Phi) is 7.38. The Morgan fingerprint density at radius 2 is 1.70 bits per heavy atom. The third-order valence-electron chi connectivity index (χ3n) is 7.36. The van der Waals surface area contributed by atoms with E-state index < -0.39 is 17.7 Å². The zero-order valence-corrected chi connectivity index (χ0v) is 23.6. The molecule has 1 atom stereocenters. The fourth-order valence-electron chi connectivity index (χ4n) is 5.27. The van der Waals surface area contributed by atoms with E-state index in [9.17, 15) is 19.8 Å². The van der Waals surface area contributed by atoms with E-state index in [-0.39, 0.29) is 36.2 Å². The first-order valence-electron chi connectivity index (χ1n) is 13.8. The van der Waals surface area contributed by atoms with E-state index in [1.54, 1.807) is 55.5 Å². The predicted molar refractivity (Wildman–Crippen MR) is 159 cm³/mol. The minimum atomic E-state index is -1.03. The van der Waals surface area contributed by atoms with Crippen molar-refractivity contribution in [3.63, 3.8) is 0 Å². The van der Waals surface area contributed by atoms with Crippen LogP contribution in [0.15, 0.2) is 90.5 Å². The number of ether oxygens (including phenoxy) is 4. The Morgan fingerprint density at radius 3 is 2.47 bits per heavy atom. The highest BCUT2D eigenvalue weighted by molar-refractivity contribution is 6.51. The van der Waals surface area contributed by atoms with Gasteiger partial charge in [0.2, 0.25) is 6.79 Å². The smallest absolute Gasteiger partial charge is 0.300 e. The van der Waals surface area contributed by atoms with Gasteiger partial charge in [-0.1, -0.05) is 36.4 Å². The zero-order valence-electron chi connectivity index (χ0n) is 23.6. The fourth-order valence-corrected chi connectivity index (χ4v) is 5.27. The van der Waals surface area contributed by atoms with Gasteiger partial charge in [-0.15, -0.1) is 0 Å². The number of ketones is 1. The van der Waals surface area contributed by atoms with E-state index in [0.717, 1.165) is 11.1 Å². The summed E-state index contributed by atoms with van der Waals surface area (Å²) in [4.78, 5) is 28.6. The molecule has 2 aliphatic rings. The van der Waals surface area contributed by atoms with Crippen molar-refractivity contribution in [1.29, 1.82) is 0 Å². The lowest BCUT2D eigenvalue weighted by Crippen LogP contribution is -2.29. The Balaban J connectivity index is 1.43. The summed E-state index contributed by atoms with van der Waals surface area (Å²) in [5.41, 5.74) is 2.83. The number of benzene rings is 4. The van der Waals surface area contributed by atoms with E-state index in [0.29, 0.717) is 40.7 Å². The van der Waals surface area contributed by atoms with E-state index in [2.05, 4.69) is 0 Å². The highest BCUT2D eigenvalue weighted by atomic mass is 16.7. The highest BCUT2D eigenvalue weighted by Gasteiger charge is 2.47. The largest absolute Gasteiger partial charge is 0.507 e. The van der Waals surface area contributed by atoms with E-state index in [1.165, 1.54) is 11.0 Å². The van der Waals surface area contributed by atoms with Gasteiger partial charge in [-0.05, 0) is 73.0 Å². The SMILES string of the molecule is CCOc1cc(C2/C(=C(\O)c3ccc(OCc4ccccc4)c(C)c3)C(=O)C(=O)N2c2ccc3c(c2)OCO3)ccc1O. The van der Waals surface area contributed by atoms with Crippen molar-refractivity contribution < 1.29 is 38.7 Å². The number of nitrogens with zero attached hydrogens (tertiary/aromatic N) is 1. The summed E-state index contributed by atoms with van der Waals surface area (Å²) in [5, 5.41) is 22.0. The highest BCUT2D eigenvalue weighted by Crippen LogP contribution is 2.46. The average Bonchev–Trinajstić information content (AvgIpc) is 3.59. The number of phenolic OH excluding ortho intramolecular Hbond substituents is 1. The topological polar surface area (TPSA) is 115 Å². The van der Waals surface area contributed by atoms with Crippen LogP contribution < -0.4 is 23.8 Å². The van der Waals surface area contributed by atoms with Crippen LogP contribution in [0.4, 0.5) is 5.69 Å². The Hall–Kier alpha value is -5.44. The lowest BCUT2D eigenvalue weighted by Gasteiger charge is -2.26. The van der Waals surface area contributed by atoms with Crippen LogP contribution in [0.5, 0.6) is 28.7 Å². The van der Waals surface area contributed by atoms with Crippen LogP contribution in [-0.4, -0.2) is 35.3 Å². The van der Waals surface area contributed by atoms with Gasteiger partial charge in [-0.3, -0.25) is 14.5 Å². The van der Waals surface area contributed by atoms with Gasteiger partial charge in [0.15, 0.2) is 23.0 Å². The molecular weight excluding hydrogens is 550 g/mol. The molecule has 2 heterocycles. The van der Waals surface area contributed by atoms with Crippen LogP contribution in [-0.2, 0) is 16.2 Å². The number of rotatable bonds is 8. The van der Waals surface area contributed by atoms with Crippen molar-refractivity contribution >= 4 is 23.1 Å². The molecule has 0 bridgehead atoms. The predicted octanol–water partition coefficient (Wildman–Crippen LogP) is 6.03. The average molecular weight is 580 g/mol. The molecule has 0 aliphatic carbocycles. The molecule has 0 radical (unpaired) electrons. The number of aliphatic hydroxyl groups is 1. The van der Waals surface area contributed by atoms with Crippen molar-refractivity contribution in [1.82, 2.24) is 0 Å². The normalized spacial score (nSPS) is 16.9. The summed E-state index contributed by atoms with van der Waals surface area (Å²) >= 11 is 0. The number of hydrogen-bond donors (Lipinski definition) is 2. The Morgan fingerprint density at radius 1 is 0.907 bits per heavy atom. The summed E-state index contributed by atoms with van der Waals surface area (Å²) < 4.78 is 22.5. The van der Waals surface area contributed by atoms with Gasteiger partial charge in [0.25, 0.3) is 11.7 Å². The van der Waals surface area contributed by atoms with Crippen LogP contribution in [0, 0.1) is 6.92 Å². The molecule has 218 valence electrons. The van der Waals surface area contributed by atoms with Gasteiger partial charge in [0, 0.05) is 17.3 Å². The first-order chi connectivity index (χ1) is 20.9. The monoisotopic (exact) mass is 579 g/mol. The number of carbonyl (C=O) groups excluding carboxylic acids is 2. The van der Waals surface area contributed by atoms with Crippen molar-refractivity contribution in [3.05, 3.63) is 113 Å². The summed E-state index contributed by atoms with van der Waals surface area (Å²) in [5.74, 6) is -0.345. The Labute approximate surface area is 248 Å². The minimum Gasteiger partial charge on any atom is -0.507 e. The number of anilines is 1. The van der Waals surface area contributed by atoms with Crippen molar-refractivity contribution in [2.45, 2.75) is 26.5 Å². The van der Waals surface area contributed by atoms with Gasteiger partial charge in [-0.2, -0.15) is 0 Å². The molecule has 0 aromatic heterocycles. The van der Waals surface area contributed by atoms with Gasteiger partial charge in [0.05, 0.1) is 18.2 Å². The molecule has 1 saturated heterocycles. The zero-order chi connectivity index (χ0) is 30.1. The molecule has 1 unspecified atom stereocenters. The molecule has 9 nitrogen and oxygen atoms in total. The summed E-state index contributed by atoms with van der Waals surface area (Å²) in [6.07, 6.45) is 0. The number of fused-ring (bicyclic) bond motifs is 1. The second kappa shape index (κ2) is 11.4. The number of aryl methyl sites for hydroxylation is 1.